The number of pyridine rings is 1. The molecule has 0 saturated carbocycles. The van der Waals surface area contributed by atoms with Gasteiger partial charge in [0.25, 0.3) is 0 Å². The van der Waals surface area contributed by atoms with Gasteiger partial charge in [-0.25, -0.2) is 0 Å². The fourth-order valence-corrected chi connectivity index (χ4v) is 5.67. The van der Waals surface area contributed by atoms with Crippen LogP contribution in [0.15, 0.2) is 78.8 Å². The van der Waals surface area contributed by atoms with Crippen LogP contribution in [0.25, 0.3) is 10.9 Å². The predicted molar refractivity (Wildman–Crippen MR) is 146 cm³/mol. The number of likely N-dealkylation sites (tertiary alicyclic amines) is 1. The van der Waals surface area contributed by atoms with Crippen LogP contribution in [-0.2, 0) is 9.47 Å². The van der Waals surface area contributed by atoms with Gasteiger partial charge in [0.2, 0.25) is 0 Å². The normalized spacial score (nSPS) is 20.7. The van der Waals surface area contributed by atoms with E-state index in [1.165, 1.54) is 11.8 Å². The van der Waals surface area contributed by atoms with Gasteiger partial charge in [-0.05, 0) is 55.4 Å². The number of β-amino-alcohol motifs (C(OH)–C–C–N with tert-alkyl or cyclic N) is 1. The Kier molecular flexibility index (Phi) is 8.44. The quantitative estimate of drug-likeness (QED) is 0.432. The van der Waals surface area contributed by atoms with Crippen LogP contribution in [0.1, 0.15) is 43.8 Å². The van der Waals surface area contributed by atoms with Crippen molar-refractivity contribution < 1.29 is 24.4 Å². The zero-order valence-corrected chi connectivity index (χ0v) is 21.9. The van der Waals surface area contributed by atoms with E-state index in [-0.39, 0.29) is 18.2 Å². The lowest BCUT2D eigenvalue weighted by Crippen LogP contribution is -2.58. The third-order valence-electron chi connectivity index (χ3n) is 7.84. The van der Waals surface area contributed by atoms with Crippen molar-refractivity contribution in [1.29, 1.82) is 0 Å². The van der Waals surface area contributed by atoms with Gasteiger partial charge in [0.05, 0.1) is 31.0 Å². The number of aliphatic hydroxyl groups is 2. The number of fused-ring (bicyclic) bond motifs is 1. The number of allylic oxidation sites excluding steroid dienone is 3. The molecule has 2 unspecified atom stereocenters. The molecule has 0 spiro atoms. The molecule has 8 heteroatoms. The zero-order valence-electron chi connectivity index (χ0n) is 21.9. The minimum absolute atomic E-state index is 0.0996. The maximum absolute atomic E-state index is 11.2. The number of methoxy groups -OCH3 is 1. The lowest BCUT2D eigenvalue weighted by Gasteiger charge is -2.45. The number of aliphatic hydroxyl groups excluding tert-OH is 2. The Hall–Kier alpha value is -3.17. The molecule has 8 nitrogen and oxygen atoms in total. The molecule has 2 aliphatic heterocycles. The predicted octanol–water partition coefficient (Wildman–Crippen LogP) is 4.09. The van der Waals surface area contributed by atoms with Gasteiger partial charge in [-0.1, -0.05) is 30.4 Å². The SMILES string of the molecule is COc1cnc2cccc(C(O)CN3CCC(CCO)(NC(C4=CC=CCC4)C4=COC=CO4)CC3)c2c1. The lowest BCUT2D eigenvalue weighted by molar-refractivity contribution is 0.0597. The van der Waals surface area contributed by atoms with Gasteiger partial charge in [0.15, 0.2) is 5.76 Å². The number of nitrogens with zero attached hydrogens (tertiary/aromatic N) is 2. The topological polar surface area (TPSA) is 96.3 Å². The number of hydrogen-bond donors (Lipinski definition) is 3. The fourth-order valence-electron chi connectivity index (χ4n) is 5.67. The summed E-state index contributed by atoms with van der Waals surface area (Å²) in [6.07, 6.45) is 16.4. The highest BCUT2D eigenvalue weighted by molar-refractivity contribution is 5.83. The smallest absolute Gasteiger partial charge is 0.159 e. The Morgan fingerprint density at radius 1 is 1.24 bits per heavy atom. The Bertz CT molecular complexity index is 1230. The van der Waals surface area contributed by atoms with Crippen LogP contribution in [-0.4, -0.2) is 65.0 Å². The van der Waals surface area contributed by atoms with Gasteiger partial charge in [-0.15, -0.1) is 0 Å². The van der Waals surface area contributed by atoms with Crippen molar-refractivity contribution in [2.24, 2.45) is 0 Å². The minimum Gasteiger partial charge on any atom is -0.495 e. The van der Waals surface area contributed by atoms with Crippen molar-refractivity contribution in [1.82, 2.24) is 15.2 Å². The second-order valence-electron chi connectivity index (χ2n) is 10.2. The third kappa shape index (κ3) is 5.94. The first kappa shape index (κ1) is 26.4. The molecule has 1 aromatic carbocycles. The number of ether oxygens (including phenoxy) is 3. The molecule has 2 atom stereocenters. The van der Waals surface area contributed by atoms with Crippen LogP contribution in [0.4, 0.5) is 0 Å². The van der Waals surface area contributed by atoms with Gasteiger partial charge in [-0.3, -0.25) is 10.3 Å². The standard InChI is InChI=1S/C30H37N3O5/c1-36-23-18-25-24(8-5-9-26(25)31-19-23)27(35)20-33-13-10-30(11-14-33,12-15-34)32-29(22-6-3-2-4-7-22)28-21-37-16-17-38-28/h2-3,5-6,8-9,16-19,21,27,29,32,34-35H,4,7,10-15,20H2,1H3. The van der Waals surface area contributed by atoms with Crippen molar-refractivity contribution in [3.63, 3.8) is 0 Å². The van der Waals surface area contributed by atoms with Crippen molar-refractivity contribution in [2.75, 3.05) is 33.4 Å². The molecule has 1 saturated heterocycles. The molecule has 2 aromatic rings. The van der Waals surface area contributed by atoms with Gasteiger partial charge in [0.1, 0.15) is 24.5 Å². The summed E-state index contributed by atoms with van der Waals surface area (Å²) in [5.74, 6) is 1.40. The molecule has 1 aliphatic carbocycles. The highest BCUT2D eigenvalue weighted by atomic mass is 16.5. The van der Waals surface area contributed by atoms with Crippen molar-refractivity contribution in [3.05, 3.63) is 84.4 Å². The van der Waals surface area contributed by atoms with Crippen molar-refractivity contribution in [3.8, 4) is 5.75 Å². The average Bonchev–Trinajstić information content (AvgIpc) is 2.97. The van der Waals surface area contributed by atoms with E-state index in [1.807, 2.05) is 24.3 Å². The highest BCUT2D eigenvalue weighted by Crippen LogP contribution is 2.33. The summed E-state index contributed by atoms with van der Waals surface area (Å²) in [4.78, 5) is 6.77. The first-order valence-electron chi connectivity index (χ1n) is 13.4. The summed E-state index contributed by atoms with van der Waals surface area (Å²) in [6, 6.07) is 7.64. The van der Waals surface area contributed by atoms with E-state index in [9.17, 15) is 10.2 Å². The third-order valence-corrected chi connectivity index (χ3v) is 7.84. The summed E-state index contributed by atoms with van der Waals surface area (Å²) in [6.45, 7) is 2.23. The first-order chi connectivity index (χ1) is 18.6. The molecular weight excluding hydrogens is 482 g/mol. The maximum Gasteiger partial charge on any atom is 0.159 e. The summed E-state index contributed by atoms with van der Waals surface area (Å²) < 4.78 is 16.6. The average molecular weight is 520 g/mol. The Balaban J connectivity index is 1.29. The Morgan fingerprint density at radius 3 is 2.82 bits per heavy atom. The highest BCUT2D eigenvalue weighted by Gasteiger charge is 2.38. The number of nitrogens with one attached hydrogen (secondary N) is 1. The molecule has 1 fully saturated rings. The molecule has 0 radical (unpaired) electrons. The summed E-state index contributed by atoms with van der Waals surface area (Å²) >= 11 is 0. The monoisotopic (exact) mass is 519 g/mol. The van der Waals surface area contributed by atoms with E-state index >= 15 is 0 Å². The summed E-state index contributed by atoms with van der Waals surface area (Å²) in [5, 5.41) is 26.0. The number of aromatic nitrogens is 1. The molecule has 202 valence electrons. The van der Waals surface area contributed by atoms with Crippen molar-refractivity contribution in [2.45, 2.75) is 49.8 Å². The van der Waals surface area contributed by atoms with E-state index in [0.717, 1.165) is 61.0 Å². The van der Waals surface area contributed by atoms with E-state index in [2.05, 4.69) is 33.4 Å². The largest absolute Gasteiger partial charge is 0.495 e. The van der Waals surface area contributed by atoms with Gasteiger partial charge in [0, 0.05) is 37.2 Å². The van der Waals surface area contributed by atoms with Crippen molar-refractivity contribution >= 4 is 10.9 Å². The van der Waals surface area contributed by atoms with E-state index in [4.69, 9.17) is 14.2 Å². The minimum atomic E-state index is -0.650. The fraction of sp³-hybridized carbons (Fsp3) is 0.433. The second kappa shape index (κ2) is 12.1. The number of hydrogen-bond acceptors (Lipinski definition) is 8. The molecule has 38 heavy (non-hydrogen) atoms. The number of rotatable bonds is 10. The van der Waals surface area contributed by atoms with E-state index < -0.39 is 6.10 Å². The molecule has 3 heterocycles. The molecular formula is C30H37N3O5. The summed E-state index contributed by atoms with van der Waals surface area (Å²) in [7, 11) is 1.62. The molecule has 0 bridgehead atoms. The van der Waals surface area contributed by atoms with Crippen LogP contribution < -0.4 is 10.1 Å². The Morgan fingerprint density at radius 2 is 2.11 bits per heavy atom. The lowest BCUT2D eigenvalue weighted by atomic mass is 9.82. The Labute approximate surface area is 223 Å². The van der Waals surface area contributed by atoms with Crippen LogP contribution in [0.5, 0.6) is 5.75 Å². The maximum atomic E-state index is 11.2. The van der Waals surface area contributed by atoms with Gasteiger partial charge >= 0.3 is 0 Å². The number of piperidine rings is 1. The van der Waals surface area contributed by atoms with Gasteiger partial charge < -0.3 is 29.3 Å². The zero-order chi connectivity index (χ0) is 26.4. The van der Waals surface area contributed by atoms with Crippen LogP contribution in [0.3, 0.4) is 0 Å². The molecule has 3 aliphatic rings. The van der Waals surface area contributed by atoms with Crippen LogP contribution in [0, 0.1) is 0 Å². The molecule has 3 N–H and O–H groups in total. The molecule has 1 aromatic heterocycles. The van der Waals surface area contributed by atoms with Crippen LogP contribution in [0.2, 0.25) is 0 Å². The first-order valence-corrected chi connectivity index (χ1v) is 13.4. The summed E-state index contributed by atoms with van der Waals surface area (Å²) in [5.41, 5.74) is 2.67. The molecule has 5 rings (SSSR count). The second-order valence-corrected chi connectivity index (χ2v) is 10.2. The number of benzene rings is 1. The van der Waals surface area contributed by atoms with Crippen LogP contribution >= 0.6 is 0 Å². The molecule has 0 amide bonds. The van der Waals surface area contributed by atoms with E-state index in [0.29, 0.717) is 18.7 Å². The van der Waals surface area contributed by atoms with E-state index in [1.54, 1.807) is 25.8 Å². The van der Waals surface area contributed by atoms with Gasteiger partial charge in [-0.2, -0.15) is 0 Å².